The first-order chi connectivity index (χ1) is 14.5. The highest BCUT2D eigenvalue weighted by molar-refractivity contribution is 7.09. The smallest absolute Gasteiger partial charge is 0.203 e. The summed E-state index contributed by atoms with van der Waals surface area (Å²) in [5.74, 6) is 0.838. The lowest BCUT2D eigenvalue weighted by atomic mass is 9.95. The van der Waals surface area contributed by atoms with E-state index in [1.165, 1.54) is 12.1 Å². The highest BCUT2D eigenvalue weighted by Crippen LogP contribution is 2.20. The summed E-state index contributed by atoms with van der Waals surface area (Å²) in [5.41, 5.74) is 7.66. The number of halogens is 1. The normalized spacial score (nSPS) is 12.9. The number of methoxy groups -OCH3 is 1. The minimum Gasteiger partial charge on any atom is -0.497 e. The van der Waals surface area contributed by atoms with Crippen molar-refractivity contribution in [1.29, 1.82) is 0 Å². The molecule has 8 heteroatoms. The van der Waals surface area contributed by atoms with Crippen molar-refractivity contribution >= 4 is 22.4 Å². The predicted octanol–water partition coefficient (Wildman–Crippen LogP) is 4.07. The van der Waals surface area contributed by atoms with Gasteiger partial charge in [0.25, 0.3) is 0 Å². The number of nitrogens with zero attached hydrogens (tertiary/aromatic N) is 2. The average molecular weight is 429 g/mol. The largest absolute Gasteiger partial charge is 0.497 e. The van der Waals surface area contributed by atoms with Gasteiger partial charge in [0.05, 0.1) is 7.11 Å². The Bertz CT molecular complexity index is 977. The predicted molar refractivity (Wildman–Crippen MR) is 117 cm³/mol. The van der Waals surface area contributed by atoms with Crippen LogP contribution in [-0.4, -0.2) is 34.3 Å². The van der Waals surface area contributed by atoms with Crippen LogP contribution in [0.25, 0.3) is 0 Å². The monoisotopic (exact) mass is 428 g/mol. The molecule has 2 unspecified atom stereocenters. The number of carbonyl (C=O) groups excluding carboxylic acids is 1. The Morgan fingerprint density at radius 1 is 1.27 bits per heavy atom. The molecule has 0 radical (unpaired) electrons. The molecule has 0 aliphatic rings. The first-order valence-corrected chi connectivity index (χ1v) is 10.5. The van der Waals surface area contributed by atoms with Gasteiger partial charge in [-0.1, -0.05) is 25.5 Å². The number of carbonyl (C=O) groups is 1. The van der Waals surface area contributed by atoms with Crippen molar-refractivity contribution in [2.75, 3.05) is 12.4 Å². The molecule has 0 saturated heterocycles. The summed E-state index contributed by atoms with van der Waals surface area (Å²) in [5, 5.41) is 3.69. The van der Waals surface area contributed by atoms with Crippen molar-refractivity contribution in [3.63, 3.8) is 0 Å². The van der Waals surface area contributed by atoms with Crippen LogP contribution >= 0.6 is 11.5 Å². The molecular weight excluding hydrogens is 403 g/mol. The molecule has 3 rings (SSSR count). The SMILES string of the molecule is CCCC(N)C(Nc1nc(Cc2cccc(F)c2)ns1)C(=O)c1ccc(OC)cc1. The van der Waals surface area contributed by atoms with E-state index in [1.807, 2.05) is 13.0 Å². The summed E-state index contributed by atoms with van der Waals surface area (Å²) in [6.45, 7) is 2.02. The molecule has 0 spiro atoms. The van der Waals surface area contributed by atoms with Crippen LogP contribution in [0, 0.1) is 5.82 Å². The maximum Gasteiger partial charge on any atom is 0.203 e. The molecule has 0 aliphatic carbocycles. The number of nitrogens with one attached hydrogen (secondary N) is 1. The summed E-state index contributed by atoms with van der Waals surface area (Å²) in [6, 6.07) is 12.3. The third-order valence-electron chi connectivity index (χ3n) is 4.71. The maximum atomic E-state index is 13.4. The Morgan fingerprint density at radius 2 is 2.03 bits per heavy atom. The molecule has 3 N–H and O–H groups in total. The highest BCUT2D eigenvalue weighted by Gasteiger charge is 2.27. The van der Waals surface area contributed by atoms with Crippen LogP contribution in [0.5, 0.6) is 5.75 Å². The molecule has 0 saturated carbocycles. The van der Waals surface area contributed by atoms with Gasteiger partial charge in [-0.05, 0) is 48.4 Å². The Kier molecular flexibility index (Phi) is 7.48. The molecule has 3 aromatic rings. The Labute approximate surface area is 179 Å². The van der Waals surface area contributed by atoms with Crippen molar-refractivity contribution < 1.29 is 13.9 Å². The van der Waals surface area contributed by atoms with Gasteiger partial charge in [-0.3, -0.25) is 4.79 Å². The number of Topliss-reactive ketones (excluding diaryl/α,β-unsaturated/α-hetero) is 1. The number of nitrogens with two attached hydrogens (primary N) is 1. The van der Waals surface area contributed by atoms with Crippen LogP contribution < -0.4 is 15.8 Å². The van der Waals surface area contributed by atoms with E-state index in [2.05, 4.69) is 14.7 Å². The number of ether oxygens (including phenoxy) is 1. The van der Waals surface area contributed by atoms with Crippen molar-refractivity contribution in [1.82, 2.24) is 9.36 Å². The first-order valence-electron chi connectivity index (χ1n) is 9.77. The molecule has 1 aromatic heterocycles. The molecule has 0 amide bonds. The van der Waals surface area contributed by atoms with E-state index in [9.17, 15) is 9.18 Å². The topological polar surface area (TPSA) is 90.1 Å². The summed E-state index contributed by atoms with van der Waals surface area (Å²) in [4.78, 5) is 17.6. The maximum absolute atomic E-state index is 13.4. The van der Waals surface area contributed by atoms with E-state index >= 15 is 0 Å². The van der Waals surface area contributed by atoms with Crippen molar-refractivity contribution in [2.24, 2.45) is 5.73 Å². The number of hydrogen-bond acceptors (Lipinski definition) is 7. The lowest BCUT2D eigenvalue weighted by Crippen LogP contribution is -2.46. The lowest BCUT2D eigenvalue weighted by Gasteiger charge is -2.23. The zero-order chi connectivity index (χ0) is 21.5. The molecule has 0 bridgehead atoms. The third-order valence-corrected chi connectivity index (χ3v) is 5.39. The highest BCUT2D eigenvalue weighted by atomic mass is 32.1. The molecule has 30 heavy (non-hydrogen) atoms. The Morgan fingerprint density at radius 3 is 2.70 bits per heavy atom. The number of ketones is 1. The Balaban J connectivity index is 1.76. The quantitative estimate of drug-likeness (QED) is 0.473. The van der Waals surface area contributed by atoms with E-state index in [0.29, 0.717) is 35.1 Å². The zero-order valence-electron chi connectivity index (χ0n) is 17.0. The van der Waals surface area contributed by atoms with Crippen molar-refractivity contribution in [2.45, 2.75) is 38.3 Å². The molecule has 0 aliphatic heterocycles. The van der Waals surface area contributed by atoms with Gasteiger partial charge in [0.1, 0.15) is 23.4 Å². The van der Waals surface area contributed by atoms with Crippen molar-refractivity contribution in [3.05, 3.63) is 71.3 Å². The molecule has 1 heterocycles. The number of benzene rings is 2. The molecule has 0 fully saturated rings. The van der Waals surface area contributed by atoms with Crippen LogP contribution in [0.1, 0.15) is 41.5 Å². The van der Waals surface area contributed by atoms with Gasteiger partial charge in [-0.15, -0.1) is 0 Å². The van der Waals surface area contributed by atoms with Gasteiger partial charge in [-0.25, -0.2) is 9.37 Å². The number of aromatic nitrogens is 2. The molecule has 158 valence electrons. The van der Waals surface area contributed by atoms with E-state index < -0.39 is 6.04 Å². The molecule has 2 atom stereocenters. The fraction of sp³-hybridized carbons (Fsp3) is 0.318. The second kappa shape index (κ2) is 10.3. The minimum absolute atomic E-state index is 0.111. The van der Waals surface area contributed by atoms with Gasteiger partial charge in [0, 0.05) is 29.6 Å². The van der Waals surface area contributed by atoms with Crippen LogP contribution in [0.2, 0.25) is 0 Å². The molecular formula is C22H25FN4O2S. The van der Waals surface area contributed by atoms with Crippen LogP contribution in [0.4, 0.5) is 9.52 Å². The first kappa shape index (κ1) is 21.9. The van der Waals surface area contributed by atoms with Gasteiger partial charge in [-0.2, -0.15) is 4.37 Å². The van der Waals surface area contributed by atoms with Gasteiger partial charge < -0.3 is 15.8 Å². The Hall–Kier alpha value is -2.84. The molecule has 2 aromatic carbocycles. The minimum atomic E-state index is -0.631. The number of anilines is 1. The summed E-state index contributed by atoms with van der Waals surface area (Å²) < 4.78 is 22.9. The van der Waals surface area contributed by atoms with Gasteiger partial charge in [0.15, 0.2) is 5.78 Å². The fourth-order valence-corrected chi connectivity index (χ4v) is 3.77. The lowest BCUT2D eigenvalue weighted by molar-refractivity contribution is 0.0957. The third kappa shape index (κ3) is 5.61. The van der Waals surface area contributed by atoms with Gasteiger partial charge in [0.2, 0.25) is 5.13 Å². The summed E-state index contributed by atoms with van der Waals surface area (Å²) in [6.07, 6.45) is 1.96. The fourth-order valence-electron chi connectivity index (χ4n) is 3.15. The standard InChI is InChI=1S/C22H25FN4O2S/c1-3-5-18(24)20(21(28)15-8-10-17(29-2)11-9-15)26-22-25-19(27-30-22)13-14-6-4-7-16(23)12-14/h4,6-12,18,20H,3,5,13,24H2,1-2H3,(H,25,26,27). The average Bonchev–Trinajstić information content (AvgIpc) is 3.18. The zero-order valence-corrected chi connectivity index (χ0v) is 17.8. The van der Waals surface area contributed by atoms with Crippen molar-refractivity contribution in [3.8, 4) is 5.75 Å². The summed E-state index contributed by atoms with van der Waals surface area (Å²) in [7, 11) is 1.58. The van der Waals surface area contributed by atoms with E-state index in [-0.39, 0.29) is 17.6 Å². The number of hydrogen-bond donors (Lipinski definition) is 2. The second-order valence-corrected chi connectivity index (χ2v) is 7.74. The van der Waals surface area contributed by atoms with Crippen LogP contribution in [0.3, 0.4) is 0 Å². The van der Waals surface area contributed by atoms with E-state index in [0.717, 1.165) is 23.5 Å². The van der Waals surface area contributed by atoms with E-state index in [4.69, 9.17) is 10.5 Å². The van der Waals surface area contributed by atoms with Gasteiger partial charge >= 0.3 is 0 Å². The second-order valence-electron chi connectivity index (χ2n) is 6.99. The number of rotatable bonds is 10. The molecule has 6 nitrogen and oxygen atoms in total. The van der Waals surface area contributed by atoms with Crippen LogP contribution in [0.15, 0.2) is 48.5 Å². The van der Waals surface area contributed by atoms with E-state index in [1.54, 1.807) is 37.4 Å². The van der Waals surface area contributed by atoms with Crippen LogP contribution in [-0.2, 0) is 6.42 Å². The summed E-state index contributed by atoms with van der Waals surface area (Å²) >= 11 is 1.16.